The second kappa shape index (κ2) is 22.4. The molecule has 4 heteroatoms. The predicted molar refractivity (Wildman–Crippen MR) is 121 cm³/mol. The number of carbonyl (C=O) groups excluding carboxylic acids is 1. The van der Waals surface area contributed by atoms with Crippen molar-refractivity contribution < 1.29 is 9.53 Å². The minimum atomic E-state index is -0.485. The van der Waals surface area contributed by atoms with Crippen molar-refractivity contribution in [1.29, 1.82) is 0 Å². The van der Waals surface area contributed by atoms with E-state index in [9.17, 15) is 4.79 Å². The fourth-order valence-corrected chi connectivity index (χ4v) is 3.26. The van der Waals surface area contributed by atoms with Crippen LogP contribution in [-0.2, 0) is 9.53 Å². The van der Waals surface area contributed by atoms with Gasteiger partial charge in [0.2, 0.25) is 0 Å². The number of hydrogen-bond acceptors (Lipinski definition) is 4. The summed E-state index contributed by atoms with van der Waals surface area (Å²) in [7, 11) is 0. The van der Waals surface area contributed by atoms with Gasteiger partial charge >= 0.3 is 5.97 Å². The molecular weight excluding hydrogens is 348 g/mol. The van der Waals surface area contributed by atoms with Crippen LogP contribution in [0, 0.1) is 0 Å². The van der Waals surface area contributed by atoms with Crippen LogP contribution in [0.4, 0.5) is 0 Å². The summed E-state index contributed by atoms with van der Waals surface area (Å²) in [6, 6.07) is -0.485. The zero-order valence-electron chi connectivity index (χ0n) is 18.6. The Balaban J connectivity index is 3.26. The molecule has 0 saturated heterocycles. The summed E-state index contributed by atoms with van der Waals surface area (Å²) in [5.41, 5.74) is 11.2. The van der Waals surface area contributed by atoms with E-state index in [2.05, 4.69) is 19.1 Å². The molecule has 4 nitrogen and oxygen atoms in total. The summed E-state index contributed by atoms with van der Waals surface area (Å²) in [4.78, 5) is 11.7. The van der Waals surface area contributed by atoms with Crippen molar-refractivity contribution in [2.24, 2.45) is 11.5 Å². The third-order valence-electron chi connectivity index (χ3n) is 5.17. The Morgan fingerprint density at radius 3 is 1.89 bits per heavy atom. The lowest BCUT2D eigenvalue weighted by Crippen LogP contribution is -2.32. The highest BCUT2D eigenvalue weighted by atomic mass is 16.5. The van der Waals surface area contributed by atoms with E-state index in [0.29, 0.717) is 19.6 Å². The number of nitrogens with two attached hydrogens (primary N) is 2. The molecule has 0 aromatic rings. The average Bonchev–Trinajstić information content (AvgIpc) is 2.70. The van der Waals surface area contributed by atoms with Crippen LogP contribution >= 0.6 is 0 Å². The maximum Gasteiger partial charge on any atom is 0.322 e. The Morgan fingerprint density at radius 1 is 0.786 bits per heavy atom. The summed E-state index contributed by atoms with van der Waals surface area (Å²) in [6.07, 6.45) is 25.1. The Hall–Kier alpha value is -0.870. The zero-order valence-corrected chi connectivity index (χ0v) is 18.6. The monoisotopic (exact) mass is 396 g/mol. The lowest BCUT2D eigenvalue weighted by Gasteiger charge is -2.11. The zero-order chi connectivity index (χ0) is 20.7. The van der Waals surface area contributed by atoms with Gasteiger partial charge in [0.05, 0.1) is 6.61 Å². The molecule has 0 aliphatic rings. The molecule has 0 bridgehead atoms. The van der Waals surface area contributed by atoms with Crippen molar-refractivity contribution in [3.63, 3.8) is 0 Å². The number of ether oxygens (including phenoxy) is 1. The van der Waals surface area contributed by atoms with Gasteiger partial charge in [-0.25, -0.2) is 0 Å². The molecule has 0 fully saturated rings. The van der Waals surface area contributed by atoms with Gasteiger partial charge in [0, 0.05) is 0 Å². The highest BCUT2D eigenvalue weighted by Crippen LogP contribution is 2.10. The summed E-state index contributed by atoms with van der Waals surface area (Å²) in [5, 5.41) is 0. The molecule has 0 unspecified atom stereocenters. The van der Waals surface area contributed by atoms with Crippen molar-refractivity contribution in [2.75, 3.05) is 13.2 Å². The SMILES string of the molecule is CCCCCCCC/C=C\CCCCCCCCOC(=O)[C@@H](N)CCCCN. The molecule has 1 atom stereocenters. The van der Waals surface area contributed by atoms with Crippen molar-refractivity contribution >= 4 is 5.97 Å². The molecule has 0 rings (SSSR count). The predicted octanol–water partition coefficient (Wildman–Crippen LogP) is 6.02. The van der Waals surface area contributed by atoms with E-state index in [1.165, 1.54) is 77.0 Å². The van der Waals surface area contributed by atoms with Gasteiger partial charge in [-0.1, -0.05) is 83.3 Å². The topological polar surface area (TPSA) is 78.3 Å². The van der Waals surface area contributed by atoms with E-state index in [-0.39, 0.29) is 5.97 Å². The van der Waals surface area contributed by atoms with Crippen LogP contribution in [-0.4, -0.2) is 25.2 Å². The molecule has 0 aliphatic heterocycles. The molecule has 0 spiro atoms. The van der Waals surface area contributed by atoms with E-state index in [1.54, 1.807) is 0 Å². The Kier molecular flexibility index (Phi) is 21.7. The first-order valence-corrected chi connectivity index (χ1v) is 12.0. The Bertz CT molecular complexity index is 359. The molecular formula is C24H48N2O2. The summed E-state index contributed by atoms with van der Waals surface area (Å²) in [5.74, 6) is -0.259. The third kappa shape index (κ3) is 19.9. The fraction of sp³-hybridized carbons (Fsp3) is 0.875. The first kappa shape index (κ1) is 27.1. The molecule has 0 amide bonds. The Labute approximate surface area is 174 Å². The molecule has 166 valence electrons. The van der Waals surface area contributed by atoms with E-state index < -0.39 is 6.04 Å². The van der Waals surface area contributed by atoms with Crippen molar-refractivity contribution in [3.05, 3.63) is 12.2 Å². The lowest BCUT2D eigenvalue weighted by atomic mass is 10.1. The molecule has 0 aromatic heterocycles. The number of esters is 1. The van der Waals surface area contributed by atoms with Crippen LogP contribution in [0.15, 0.2) is 12.2 Å². The van der Waals surface area contributed by atoms with Crippen molar-refractivity contribution in [3.8, 4) is 0 Å². The number of rotatable bonds is 21. The number of unbranched alkanes of at least 4 members (excludes halogenated alkanes) is 13. The minimum Gasteiger partial charge on any atom is -0.465 e. The summed E-state index contributed by atoms with van der Waals surface area (Å²) >= 11 is 0. The van der Waals surface area contributed by atoms with Gasteiger partial charge in [-0.15, -0.1) is 0 Å². The maximum absolute atomic E-state index is 11.7. The molecule has 0 aliphatic carbocycles. The molecule has 28 heavy (non-hydrogen) atoms. The summed E-state index contributed by atoms with van der Waals surface area (Å²) < 4.78 is 5.25. The smallest absolute Gasteiger partial charge is 0.322 e. The van der Waals surface area contributed by atoms with Gasteiger partial charge in [0.25, 0.3) is 0 Å². The maximum atomic E-state index is 11.7. The first-order chi connectivity index (χ1) is 13.7. The largest absolute Gasteiger partial charge is 0.465 e. The molecule has 0 aromatic carbocycles. The number of carbonyl (C=O) groups is 1. The summed E-state index contributed by atoms with van der Waals surface area (Å²) in [6.45, 7) is 3.42. The molecule has 0 radical (unpaired) electrons. The van der Waals surface area contributed by atoms with E-state index in [0.717, 1.165) is 25.7 Å². The first-order valence-electron chi connectivity index (χ1n) is 12.0. The van der Waals surface area contributed by atoms with Crippen LogP contribution < -0.4 is 11.5 Å². The van der Waals surface area contributed by atoms with E-state index in [4.69, 9.17) is 16.2 Å². The van der Waals surface area contributed by atoms with Gasteiger partial charge in [-0.05, 0) is 51.5 Å². The van der Waals surface area contributed by atoms with E-state index in [1.807, 2.05) is 0 Å². The molecule has 4 N–H and O–H groups in total. The lowest BCUT2D eigenvalue weighted by molar-refractivity contribution is -0.145. The highest BCUT2D eigenvalue weighted by Gasteiger charge is 2.13. The van der Waals surface area contributed by atoms with Gasteiger partial charge in [-0.3, -0.25) is 4.79 Å². The molecule has 0 heterocycles. The number of allylic oxidation sites excluding steroid dienone is 2. The third-order valence-corrected chi connectivity index (χ3v) is 5.17. The normalized spacial score (nSPS) is 12.5. The standard InChI is InChI=1S/C24H48N2O2/c1-2-3-4-5-6-7-8-9-10-11-12-13-14-15-16-19-22-28-24(27)23(26)20-17-18-21-25/h9-10,23H,2-8,11-22,25-26H2,1H3/b10-9-/t23-/m0/s1. The Morgan fingerprint density at radius 2 is 1.32 bits per heavy atom. The van der Waals surface area contributed by atoms with Crippen LogP contribution in [0.2, 0.25) is 0 Å². The van der Waals surface area contributed by atoms with Crippen LogP contribution in [0.25, 0.3) is 0 Å². The van der Waals surface area contributed by atoms with Crippen molar-refractivity contribution in [1.82, 2.24) is 0 Å². The molecule has 0 saturated carbocycles. The number of hydrogen-bond donors (Lipinski definition) is 2. The highest BCUT2D eigenvalue weighted by molar-refractivity contribution is 5.75. The second-order valence-corrected chi connectivity index (χ2v) is 8.00. The van der Waals surface area contributed by atoms with Crippen LogP contribution in [0.1, 0.15) is 116 Å². The van der Waals surface area contributed by atoms with Gasteiger partial charge in [0.15, 0.2) is 0 Å². The van der Waals surface area contributed by atoms with E-state index >= 15 is 0 Å². The second-order valence-electron chi connectivity index (χ2n) is 8.00. The minimum absolute atomic E-state index is 0.259. The van der Waals surface area contributed by atoms with Gasteiger partial charge < -0.3 is 16.2 Å². The van der Waals surface area contributed by atoms with Crippen LogP contribution in [0.3, 0.4) is 0 Å². The quantitative estimate of drug-likeness (QED) is 0.141. The van der Waals surface area contributed by atoms with Crippen LogP contribution in [0.5, 0.6) is 0 Å². The fourth-order valence-electron chi connectivity index (χ4n) is 3.26. The van der Waals surface area contributed by atoms with Gasteiger partial charge in [-0.2, -0.15) is 0 Å². The van der Waals surface area contributed by atoms with Gasteiger partial charge in [0.1, 0.15) is 6.04 Å². The average molecular weight is 397 g/mol. The van der Waals surface area contributed by atoms with Crippen molar-refractivity contribution in [2.45, 2.75) is 122 Å².